The summed E-state index contributed by atoms with van der Waals surface area (Å²) in [5, 5.41) is 4.93. The fourth-order valence-corrected chi connectivity index (χ4v) is 4.48. The zero-order valence-corrected chi connectivity index (χ0v) is 18.3. The summed E-state index contributed by atoms with van der Waals surface area (Å²) in [5.41, 5.74) is 3.96. The van der Waals surface area contributed by atoms with Crippen LogP contribution in [0.25, 0.3) is 10.9 Å². The lowest BCUT2D eigenvalue weighted by atomic mass is 10.1. The molecule has 0 radical (unpaired) electrons. The maximum atomic E-state index is 13.0. The Hall–Kier alpha value is -2.91. The molecular formula is C22H15BrF3N3OS. The summed E-state index contributed by atoms with van der Waals surface area (Å²) in [6, 6.07) is 16.3. The van der Waals surface area contributed by atoms with Crippen LogP contribution in [0.1, 0.15) is 26.4 Å². The molecule has 0 bridgehead atoms. The monoisotopic (exact) mass is 505 g/mol. The minimum Gasteiger partial charge on any atom is -0.342 e. The van der Waals surface area contributed by atoms with Crippen molar-refractivity contribution in [2.45, 2.75) is 12.7 Å². The van der Waals surface area contributed by atoms with Gasteiger partial charge >= 0.3 is 6.18 Å². The maximum Gasteiger partial charge on any atom is 0.416 e. The highest BCUT2D eigenvalue weighted by atomic mass is 79.9. The van der Waals surface area contributed by atoms with E-state index in [1.165, 1.54) is 23.6 Å². The van der Waals surface area contributed by atoms with Gasteiger partial charge in [0.1, 0.15) is 0 Å². The SMILES string of the molecule is O=C(N/N=C/c1cn(Cc2cccc(C(F)(F)F)c2)c2ccccc12)c1ccc(Br)s1. The summed E-state index contributed by atoms with van der Waals surface area (Å²) in [6.07, 6.45) is -1.04. The number of para-hydroxylation sites is 1. The normalized spacial score (nSPS) is 12.0. The van der Waals surface area contributed by atoms with E-state index in [4.69, 9.17) is 0 Å². The number of rotatable bonds is 5. The van der Waals surface area contributed by atoms with E-state index in [9.17, 15) is 18.0 Å². The molecule has 0 saturated carbocycles. The number of halogens is 4. The lowest BCUT2D eigenvalue weighted by Gasteiger charge is -2.10. The van der Waals surface area contributed by atoms with Crippen LogP contribution in [-0.2, 0) is 12.7 Å². The fraction of sp³-hybridized carbons (Fsp3) is 0.0909. The van der Waals surface area contributed by atoms with Gasteiger partial charge in [0.15, 0.2) is 0 Å². The van der Waals surface area contributed by atoms with E-state index in [1.54, 1.807) is 18.2 Å². The van der Waals surface area contributed by atoms with E-state index in [1.807, 2.05) is 35.0 Å². The minimum absolute atomic E-state index is 0.272. The van der Waals surface area contributed by atoms with Crippen molar-refractivity contribution in [1.82, 2.24) is 9.99 Å². The molecule has 0 aliphatic carbocycles. The Morgan fingerprint density at radius 1 is 1.13 bits per heavy atom. The summed E-state index contributed by atoms with van der Waals surface area (Å²) < 4.78 is 41.8. The Balaban J connectivity index is 1.58. The van der Waals surface area contributed by atoms with E-state index < -0.39 is 11.7 Å². The number of hydrazone groups is 1. The Morgan fingerprint density at radius 3 is 2.68 bits per heavy atom. The van der Waals surface area contributed by atoms with Gasteiger partial charge in [0.25, 0.3) is 5.91 Å². The van der Waals surface area contributed by atoms with E-state index in [0.29, 0.717) is 10.4 Å². The molecule has 1 amide bonds. The summed E-state index contributed by atoms with van der Waals surface area (Å²) in [7, 11) is 0. The summed E-state index contributed by atoms with van der Waals surface area (Å²) in [5.74, 6) is -0.320. The second-order valence-corrected chi connectivity index (χ2v) is 9.19. The van der Waals surface area contributed by atoms with Gasteiger partial charge in [-0.3, -0.25) is 4.79 Å². The van der Waals surface area contributed by atoms with Gasteiger partial charge in [-0.2, -0.15) is 18.3 Å². The first-order valence-corrected chi connectivity index (χ1v) is 10.7. The van der Waals surface area contributed by atoms with Crippen molar-refractivity contribution in [3.05, 3.63) is 92.2 Å². The van der Waals surface area contributed by atoms with Crippen LogP contribution in [0.2, 0.25) is 0 Å². The molecule has 2 heterocycles. The molecule has 2 aromatic carbocycles. The number of carbonyl (C=O) groups is 1. The molecule has 0 saturated heterocycles. The smallest absolute Gasteiger partial charge is 0.342 e. The third-order valence-corrected chi connectivity index (χ3v) is 6.22. The topological polar surface area (TPSA) is 46.4 Å². The predicted molar refractivity (Wildman–Crippen MR) is 120 cm³/mol. The van der Waals surface area contributed by atoms with E-state index >= 15 is 0 Å². The first kappa shape index (κ1) is 21.3. The number of fused-ring (bicyclic) bond motifs is 1. The van der Waals surface area contributed by atoms with Crippen LogP contribution in [-0.4, -0.2) is 16.7 Å². The molecule has 0 aliphatic heterocycles. The van der Waals surface area contributed by atoms with Crippen molar-refractivity contribution in [3.63, 3.8) is 0 Å². The average molecular weight is 506 g/mol. The number of alkyl halides is 3. The molecule has 0 unspecified atom stereocenters. The maximum absolute atomic E-state index is 13.0. The summed E-state index contributed by atoms with van der Waals surface area (Å²) in [4.78, 5) is 12.7. The Labute approximate surface area is 188 Å². The van der Waals surface area contributed by atoms with Crippen LogP contribution in [0.15, 0.2) is 75.7 Å². The number of aromatic nitrogens is 1. The Morgan fingerprint density at radius 2 is 1.94 bits per heavy atom. The zero-order chi connectivity index (χ0) is 22.0. The van der Waals surface area contributed by atoms with Crippen LogP contribution < -0.4 is 5.43 Å². The molecule has 0 atom stereocenters. The van der Waals surface area contributed by atoms with Crippen molar-refractivity contribution in [2.75, 3.05) is 0 Å². The van der Waals surface area contributed by atoms with Crippen molar-refractivity contribution < 1.29 is 18.0 Å². The molecule has 1 N–H and O–H groups in total. The molecule has 0 spiro atoms. The van der Waals surface area contributed by atoms with Crippen LogP contribution >= 0.6 is 27.3 Å². The highest BCUT2D eigenvalue weighted by Crippen LogP contribution is 2.30. The van der Waals surface area contributed by atoms with Gasteiger partial charge in [0.05, 0.1) is 20.4 Å². The van der Waals surface area contributed by atoms with Gasteiger partial charge < -0.3 is 4.57 Å². The fourth-order valence-electron chi connectivity index (χ4n) is 3.20. The highest BCUT2D eigenvalue weighted by Gasteiger charge is 2.30. The lowest BCUT2D eigenvalue weighted by molar-refractivity contribution is -0.137. The molecule has 4 nitrogen and oxygen atoms in total. The predicted octanol–water partition coefficient (Wildman–Crippen LogP) is 6.30. The van der Waals surface area contributed by atoms with Gasteiger partial charge in [0.2, 0.25) is 0 Å². The molecule has 0 fully saturated rings. The number of amides is 1. The number of benzene rings is 2. The first-order chi connectivity index (χ1) is 14.8. The van der Waals surface area contributed by atoms with Crippen molar-refractivity contribution >= 4 is 50.3 Å². The molecule has 0 aliphatic rings. The molecule has 4 aromatic rings. The second-order valence-electron chi connectivity index (χ2n) is 6.73. The lowest BCUT2D eigenvalue weighted by Crippen LogP contribution is -2.16. The van der Waals surface area contributed by atoms with Gasteiger partial charge in [-0.05, 0) is 51.8 Å². The van der Waals surface area contributed by atoms with E-state index in [0.717, 1.165) is 32.4 Å². The number of nitrogens with zero attached hydrogens (tertiary/aromatic N) is 2. The van der Waals surface area contributed by atoms with E-state index in [-0.39, 0.29) is 12.5 Å². The zero-order valence-electron chi connectivity index (χ0n) is 15.9. The number of carbonyl (C=O) groups excluding carboxylic acids is 1. The van der Waals surface area contributed by atoms with Gasteiger partial charge in [-0.25, -0.2) is 5.43 Å². The molecule has 4 rings (SSSR count). The average Bonchev–Trinajstić information content (AvgIpc) is 3.32. The number of hydrogen-bond acceptors (Lipinski definition) is 3. The largest absolute Gasteiger partial charge is 0.416 e. The molecular weight excluding hydrogens is 491 g/mol. The van der Waals surface area contributed by atoms with Crippen LogP contribution in [0.3, 0.4) is 0 Å². The van der Waals surface area contributed by atoms with Crippen LogP contribution in [0.5, 0.6) is 0 Å². The molecule has 31 heavy (non-hydrogen) atoms. The third kappa shape index (κ3) is 4.88. The van der Waals surface area contributed by atoms with Crippen molar-refractivity contribution in [2.24, 2.45) is 5.10 Å². The van der Waals surface area contributed by atoms with Gasteiger partial charge in [-0.1, -0.05) is 30.3 Å². The summed E-state index contributed by atoms with van der Waals surface area (Å²) >= 11 is 4.61. The first-order valence-electron chi connectivity index (χ1n) is 9.14. The van der Waals surface area contributed by atoms with E-state index in [2.05, 4.69) is 26.5 Å². The van der Waals surface area contributed by atoms with Crippen molar-refractivity contribution in [1.29, 1.82) is 0 Å². The number of nitrogens with one attached hydrogen (secondary N) is 1. The minimum atomic E-state index is -4.39. The highest BCUT2D eigenvalue weighted by molar-refractivity contribution is 9.11. The quantitative estimate of drug-likeness (QED) is 0.251. The van der Waals surface area contributed by atoms with Gasteiger partial charge in [-0.15, -0.1) is 11.3 Å². The third-order valence-electron chi connectivity index (χ3n) is 4.59. The standard InChI is InChI=1S/C22H15BrF3N3OS/c23-20-9-8-19(31-20)21(30)28-27-11-15-13-29(18-7-2-1-6-17(15)18)12-14-4-3-5-16(10-14)22(24,25)26/h1-11,13H,12H2,(H,28,30)/b27-11+. The number of thiophene rings is 1. The Kier molecular flexibility index (Phi) is 5.97. The molecule has 2 aromatic heterocycles. The van der Waals surface area contributed by atoms with Crippen LogP contribution in [0, 0.1) is 0 Å². The van der Waals surface area contributed by atoms with Gasteiger partial charge in [0, 0.05) is 29.2 Å². The van der Waals surface area contributed by atoms with Crippen molar-refractivity contribution in [3.8, 4) is 0 Å². The molecule has 158 valence electrons. The molecule has 9 heteroatoms. The Bertz CT molecular complexity index is 1280. The second kappa shape index (κ2) is 8.68. The number of hydrogen-bond donors (Lipinski definition) is 1. The van der Waals surface area contributed by atoms with Crippen LogP contribution in [0.4, 0.5) is 13.2 Å². The summed E-state index contributed by atoms with van der Waals surface area (Å²) in [6.45, 7) is 0.272.